The molecule has 0 spiro atoms. The molecular weight excluding hydrogens is 459 g/mol. The zero-order chi connectivity index (χ0) is 25.0. The van der Waals surface area contributed by atoms with Gasteiger partial charge in [0.25, 0.3) is 0 Å². The lowest BCUT2D eigenvalue weighted by Crippen LogP contribution is -2.26. The molecule has 0 unspecified atom stereocenters. The highest BCUT2D eigenvalue weighted by Crippen LogP contribution is 2.45. The van der Waals surface area contributed by atoms with Crippen LogP contribution in [0.5, 0.6) is 11.5 Å². The second-order valence-electron chi connectivity index (χ2n) is 9.88. The molecule has 2 aromatic carbocycles. The predicted octanol–water partition coefficient (Wildman–Crippen LogP) is 7.64. The van der Waals surface area contributed by atoms with Crippen molar-refractivity contribution >= 4 is 22.6 Å². The molecule has 35 heavy (non-hydrogen) atoms. The topological polar surface area (TPSA) is 54.6 Å². The fraction of sp³-hybridized carbons (Fsp3) is 0.379. The van der Waals surface area contributed by atoms with Crippen LogP contribution >= 0.6 is 11.3 Å². The Morgan fingerprint density at radius 2 is 1.97 bits per heavy atom. The molecule has 1 aliphatic rings. The van der Waals surface area contributed by atoms with Gasteiger partial charge in [0.15, 0.2) is 11.5 Å². The second-order valence-corrected chi connectivity index (χ2v) is 11.0. The highest BCUT2D eigenvalue weighted by Gasteiger charge is 2.32. The minimum Gasteiger partial charge on any atom is -0.490 e. The first-order valence-corrected chi connectivity index (χ1v) is 12.8. The number of fused-ring (bicyclic) bond motifs is 1. The summed E-state index contributed by atoms with van der Waals surface area (Å²) in [6, 6.07) is 14.5. The van der Waals surface area contributed by atoms with Crippen molar-refractivity contribution < 1.29 is 13.9 Å². The first-order chi connectivity index (χ1) is 16.8. The molecule has 0 saturated carbocycles. The van der Waals surface area contributed by atoms with Gasteiger partial charge in [0.2, 0.25) is 0 Å². The summed E-state index contributed by atoms with van der Waals surface area (Å²) in [6.07, 6.45) is 4.82. The smallest absolute Gasteiger partial charge is 0.161 e. The summed E-state index contributed by atoms with van der Waals surface area (Å²) < 4.78 is 25.6. The minimum atomic E-state index is -0.296. The van der Waals surface area contributed by atoms with Crippen LogP contribution in [-0.4, -0.2) is 12.8 Å². The van der Waals surface area contributed by atoms with Gasteiger partial charge in [-0.1, -0.05) is 39.0 Å². The quantitative estimate of drug-likeness (QED) is 0.320. The van der Waals surface area contributed by atoms with Crippen molar-refractivity contribution in [3.05, 3.63) is 75.4 Å². The summed E-state index contributed by atoms with van der Waals surface area (Å²) in [5, 5.41) is 10.6. The van der Waals surface area contributed by atoms with E-state index in [4.69, 9.17) is 14.5 Å². The van der Waals surface area contributed by atoms with Gasteiger partial charge in [-0.3, -0.25) is 0 Å². The van der Waals surface area contributed by atoms with Gasteiger partial charge in [-0.25, -0.2) is 9.38 Å². The summed E-state index contributed by atoms with van der Waals surface area (Å²) in [7, 11) is 0. The predicted molar refractivity (Wildman–Crippen MR) is 140 cm³/mol. The van der Waals surface area contributed by atoms with Gasteiger partial charge in [-0.15, -0.1) is 11.3 Å². The molecule has 0 N–H and O–H groups in total. The van der Waals surface area contributed by atoms with E-state index < -0.39 is 0 Å². The molecule has 6 heteroatoms. The molecule has 4 rings (SSSR count). The molecule has 1 aliphatic carbocycles. The molecule has 0 saturated heterocycles. The van der Waals surface area contributed by atoms with E-state index in [2.05, 4.69) is 26.8 Å². The first kappa shape index (κ1) is 24.9. The largest absolute Gasteiger partial charge is 0.490 e. The molecule has 4 nitrogen and oxygen atoms in total. The summed E-state index contributed by atoms with van der Waals surface area (Å²) in [4.78, 5) is 6.00. The first-order valence-electron chi connectivity index (χ1n) is 12.0. The van der Waals surface area contributed by atoms with Gasteiger partial charge in [-0.2, -0.15) is 5.26 Å². The highest BCUT2D eigenvalue weighted by atomic mass is 32.1. The van der Waals surface area contributed by atoms with Crippen LogP contribution in [0.25, 0.3) is 0 Å². The number of halogens is 1. The number of nitriles is 1. The van der Waals surface area contributed by atoms with E-state index in [0.717, 1.165) is 29.8 Å². The van der Waals surface area contributed by atoms with E-state index in [1.165, 1.54) is 16.5 Å². The van der Waals surface area contributed by atoms with Crippen LogP contribution in [0.1, 0.15) is 61.2 Å². The molecule has 182 valence electrons. The molecule has 3 aromatic rings. The van der Waals surface area contributed by atoms with Gasteiger partial charge in [-0.05, 0) is 72.9 Å². The van der Waals surface area contributed by atoms with Gasteiger partial charge < -0.3 is 9.47 Å². The maximum atomic E-state index is 13.9. The summed E-state index contributed by atoms with van der Waals surface area (Å²) in [5.41, 5.74) is 3.47. The average molecular weight is 491 g/mol. The molecule has 0 bridgehead atoms. The Hall–Kier alpha value is -3.17. The molecule has 0 aliphatic heterocycles. The maximum absolute atomic E-state index is 13.9. The lowest BCUT2D eigenvalue weighted by Gasteiger charge is -2.33. The number of benzene rings is 2. The normalized spacial score (nSPS) is 15.6. The van der Waals surface area contributed by atoms with Crippen LogP contribution in [0.15, 0.2) is 47.5 Å². The Bertz CT molecular complexity index is 1270. The SMILES string of the molecule is CCOc1cc(C=Nc2sc3c(c2C#N)CC[C@@H](C(C)(C)C)C3)ccc1OCc1ccccc1F. The van der Waals surface area contributed by atoms with Crippen molar-refractivity contribution in [1.29, 1.82) is 5.26 Å². The van der Waals surface area contributed by atoms with Crippen molar-refractivity contribution in [2.24, 2.45) is 16.3 Å². The third-order valence-electron chi connectivity index (χ3n) is 6.52. The van der Waals surface area contributed by atoms with Crippen LogP contribution in [0.2, 0.25) is 0 Å². The monoisotopic (exact) mass is 490 g/mol. The summed E-state index contributed by atoms with van der Waals surface area (Å²) in [6.45, 7) is 9.37. The van der Waals surface area contributed by atoms with Crippen LogP contribution in [-0.2, 0) is 19.4 Å². The number of nitrogens with zero attached hydrogens (tertiary/aromatic N) is 2. The van der Waals surface area contributed by atoms with E-state index in [1.807, 2.05) is 25.1 Å². The second kappa shape index (κ2) is 10.6. The molecule has 0 amide bonds. The number of ether oxygens (including phenoxy) is 2. The lowest BCUT2D eigenvalue weighted by atomic mass is 9.72. The molecular formula is C29H31FN2O2S. The average Bonchev–Trinajstić information content (AvgIpc) is 3.19. The summed E-state index contributed by atoms with van der Waals surface area (Å²) in [5.74, 6) is 1.44. The zero-order valence-electron chi connectivity index (χ0n) is 20.7. The highest BCUT2D eigenvalue weighted by molar-refractivity contribution is 7.16. The zero-order valence-corrected chi connectivity index (χ0v) is 21.5. The standard InChI is InChI=1S/C29H31FN2O2S/c1-5-33-26-14-19(10-13-25(26)34-18-20-8-6-7-9-24(20)30)17-32-28-23(16-31)22-12-11-21(29(2,3)4)15-27(22)35-28/h6-10,13-14,17,21H,5,11-12,15,18H2,1-4H3/t21-/m1/s1. The van der Waals surface area contributed by atoms with Crippen LogP contribution in [0.3, 0.4) is 0 Å². The van der Waals surface area contributed by atoms with Crippen LogP contribution in [0.4, 0.5) is 9.39 Å². The van der Waals surface area contributed by atoms with Crippen molar-refractivity contribution in [2.75, 3.05) is 6.61 Å². The van der Waals surface area contributed by atoms with Crippen LogP contribution in [0, 0.1) is 28.5 Å². The number of aliphatic imine (C=N–C) groups is 1. The van der Waals surface area contributed by atoms with Gasteiger partial charge in [0.05, 0.1) is 12.2 Å². The Kier molecular flexibility index (Phi) is 7.57. The Labute approximate surface area is 211 Å². The van der Waals surface area contributed by atoms with Crippen molar-refractivity contribution in [3.8, 4) is 17.6 Å². The molecule has 0 radical (unpaired) electrons. The van der Waals surface area contributed by atoms with Gasteiger partial charge in [0, 0.05) is 16.7 Å². The van der Waals surface area contributed by atoms with E-state index in [9.17, 15) is 9.65 Å². The Morgan fingerprint density at radius 3 is 2.69 bits per heavy atom. The maximum Gasteiger partial charge on any atom is 0.161 e. The number of rotatable bonds is 7. The van der Waals surface area contributed by atoms with E-state index in [1.54, 1.807) is 35.8 Å². The fourth-order valence-corrected chi connectivity index (χ4v) is 5.64. The summed E-state index contributed by atoms with van der Waals surface area (Å²) >= 11 is 1.64. The van der Waals surface area contributed by atoms with Crippen LogP contribution < -0.4 is 9.47 Å². The van der Waals surface area contributed by atoms with Crippen molar-refractivity contribution in [2.45, 2.75) is 53.6 Å². The lowest BCUT2D eigenvalue weighted by molar-refractivity contribution is 0.218. The van der Waals surface area contributed by atoms with E-state index in [-0.39, 0.29) is 17.8 Å². The van der Waals surface area contributed by atoms with Gasteiger partial charge >= 0.3 is 0 Å². The third-order valence-corrected chi connectivity index (χ3v) is 7.69. The van der Waals surface area contributed by atoms with E-state index >= 15 is 0 Å². The molecule has 0 fully saturated rings. The fourth-order valence-electron chi connectivity index (χ4n) is 4.41. The molecule has 1 heterocycles. The number of thiophene rings is 1. The molecule has 1 aromatic heterocycles. The molecule has 1 atom stereocenters. The number of hydrogen-bond donors (Lipinski definition) is 0. The number of hydrogen-bond acceptors (Lipinski definition) is 5. The minimum absolute atomic E-state index is 0.113. The van der Waals surface area contributed by atoms with Crippen molar-refractivity contribution in [3.63, 3.8) is 0 Å². The third kappa shape index (κ3) is 5.74. The van der Waals surface area contributed by atoms with Crippen molar-refractivity contribution in [1.82, 2.24) is 0 Å². The Balaban J connectivity index is 1.54. The van der Waals surface area contributed by atoms with Gasteiger partial charge in [0.1, 0.15) is 23.5 Å². The Morgan fingerprint density at radius 1 is 1.17 bits per heavy atom. The van der Waals surface area contributed by atoms with E-state index in [0.29, 0.717) is 35.2 Å².